The topological polar surface area (TPSA) is 38.8 Å². The van der Waals surface area contributed by atoms with Gasteiger partial charge in [-0.25, -0.2) is 0 Å². The standard InChI is InChI=1S/C23H23NO3S/c25-22-10-15-6-4-5-9-23(15)18-12-20-19(26-14-27-20)11-17(18)21(13-24(22)23)28-16-7-2-1-3-8-16/h1-3,7-8,11-12,15,21H,4-6,9-10,13-14H2/t15-,21+,23+/m1/s1. The summed E-state index contributed by atoms with van der Waals surface area (Å²) in [7, 11) is 0. The molecule has 3 aliphatic heterocycles. The van der Waals surface area contributed by atoms with Gasteiger partial charge in [0.1, 0.15) is 0 Å². The summed E-state index contributed by atoms with van der Waals surface area (Å²) in [6.07, 6.45) is 5.32. The van der Waals surface area contributed by atoms with Gasteiger partial charge in [-0.05, 0) is 54.2 Å². The number of benzene rings is 2. The number of fused-ring (bicyclic) bond motifs is 2. The van der Waals surface area contributed by atoms with E-state index in [1.807, 2.05) is 17.8 Å². The number of carbonyl (C=O) groups is 1. The van der Waals surface area contributed by atoms with Gasteiger partial charge in [-0.1, -0.05) is 31.0 Å². The smallest absolute Gasteiger partial charge is 0.231 e. The lowest BCUT2D eigenvalue weighted by Gasteiger charge is -2.51. The van der Waals surface area contributed by atoms with E-state index < -0.39 is 0 Å². The first kappa shape index (κ1) is 16.8. The van der Waals surface area contributed by atoms with Crippen LogP contribution in [0.15, 0.2) is 47.4 Å². The van der Waals surface area contributed by atoms with Gasteiger partial charge in [-0.2, -0.15) is 0 Å². The molecule has 0 N–H and O–H groups in total. The molecule has 4 aliphatic rings. The highest BCUT2D eigenvalue weighted by atomic mass is 32.2. The molecule has 5 heteroatoms. The van der Waals surface area contributed by atoms with Crippen LogP contribution in [0.2, 0.25) is 0 Å². The average molecular weight is 394 g/mol. The molecule has 3 atom stereocenters. The maximum absolute atomic E-state index is 13.1. The fourth-order valence-corrected chi connectivity index (χ4v) is 6.98. The number of nitrogens with zero attached hydrogens (tertiary/aromatic N) is 1. The summed E-state index contributed by atoms with van der Waals surface area (Å²) in [5.74, 6) is 2.44. The van der Waals surface area contributed by atoms with Gasteiger partial charge in [-0.3, -0.25) is 4.79 Å². The summed E-state index contributed by atoms with van der Waals surface area (Å²) in [6, 6.07) is 14.9. The summed E-state index contributed by atoms with van der Waals surface area (Å²) in [5, 5.41) is 0.210. The first-order chi connectivity index (χ1) is 13.8. The molecule has 1 aliphatic carbocycles. The minimum atomic E-state index is -0.139. The van der Waals surface area contributed by atoms with Crippen molar-refractivity contribution in [3.05, 3.63) is 53.6 Å². The molecule has 1 spiro atoms. The zero-order chi connectivity index (χ0) is 18.7. The van der Waals surface area contributed by atoms with E-state index in [-0.39, 0.29) is 17.6 Å². The minimum Gasteiger partial charge on any atom is -0.454 e. The van der Waals surface area contributed by atoms with Crippen LogP contribution in [0.1, 0.15) is 48.5 Å². The Morgan fingerprint density at radius 3 is 2.75 bits per heavy atom. The van der Waals surface area contributed by atoms with Crippen LogP contribution in [-0.2, 0) is 10.3 Å². The monoisotopic (exact) mass is 393 g/mol. The van der Waals surface area contributed by atoms with Crippen LogP contribution in [0, 0.1) is 5.92 Å². The second-order valence-corrected chi connectivity index (χ2v) is 9.56. The molecule has 144 valence electrons. The van der Waals surface area contributed by atoms with Crippen molar-refractivity contribution in [3.8, 4) is 11.5 Å². The van der Waals surface area contributed by atoms with E-state index in [0.29, 0.717) is 18.2 Å². The Morgan fingerprint density at radius 2 is 1.89 bits per heavy atom. The molecule has 1 amide bonds. The van der Waals surface area contributed by atoms with Crippen molar-refractivity contribution < 1.29 is 14.3 Å². The molecular formula is C23H23NO3S. The quantitative estimate of drug-likeness (QED) is 0.729. The Labute approximate surface area is 169 Å². The summed E-state index contributed by atoms with van der Waals surface area (Å²) < 4.78 is 11.5. The first-order valence-corrected chi connectivity index (χ1v) is 11.1. The number of thioether (sulfide) groups is 1. The molecule has 0 aromatic heterocycles. The van der Waals surface area contributed by atoms with E-state index in [2.05, 4.69) is 41.3 Å². The van der Waals surface area contributed by atoms with E-state index in [0.717, 1.165) is 30.9 Å². The van der Waals surface area contributed by atoms with Gasteiger partial charge in [0.15, 0.2) is 11.5 Å². The zero-order valence-corrected chi connectivity index (χ0v) is 16.5. The third-order valence-corrected chi connectivity index (χ3v) is 8.20. The summed E-state index contributed by atoms with van der Waals surface area (Å²) in [6.45, 7) is 1.06. The van der Waals surface area contributed by atoms with Crippen LogP contribution in [0.4, 0.5) is 0 Å². The molecule has 2 aromatic rings. The fourth-order valence-electron chi connectivity index (χ4n) is 5.79. The second kappa shape index (κ2) is 6.18. The summed E-state index contributed by atoms with van der Waals surface area (Å²) >= 11 is 1.85. The molecule has 28 heavy (non-hydrogen) atoms. The third-order valence-electron chi connectivity index (χ3n) is 6.97. The van der Waals surface area contributed by atoms with Crippen molar-refractivity contribution in [1.82, 2.24) is 4.90 Å². The summed E-state index contributed by atoms with van der Waals surface area (Å²) in [5.41, 5.74) is 2.50. The van der Waals surface area contributed by atoms with Crippen molar-refractivity contribution in [2.45, 2.75) is 47.8 Å². The summed E-state index contributed by atoms with van der Waals surface area (Å²) in [4.78, 5) is 16.5. The van der Waals surface area contributed by atoms with Crippen LogP contribution in [0.5, 0.6) is 11.5 Å². The molecule has 1 saturated heterocycles. The van der Waals surface area contributed by atoms with Crippen LogP contribution in [0.3, 0.4) is 0 Å². The van der Waals surface area contributed by atoms with E-state index in [4.69, 9.17) is 9.47 Å². The van der Waals surface area contributed by atoms with Crippen LogP contribution < -0.4 is 9.47 Å². The highest BCUT2D eigenvalue weighted by molar-refractivity contribution is 7.99. The van der Waals surface area contributed by atoms with Crippen LogP contribution in [-0.4, -0.2) is 24.1 Å². The van der Waals surface area contributed by atoms with Crippen molar-refractivity contribution in [1.29, 1.82) is 0 Å². The molecule has 0 bridgehead atoms. The lowest BCUT2D eigenvalue weighted by molar-refractivity contribution is -0.132. The van der Waals surface area contributed by atoms with E-state index in [9.17, 15) is 4.79 Å². The zero-order valence-electron chi connectivity index (χ0n) is 15.7. The van der Waals surface area contributed by atoms with Gasteiger partial charge in [0, 0.05) is 17.9 Å². The van der Waals surface area contributed by atoms with Crippen LogP contribution in [0.25, 0.3) is 0 Å². The van der Waals surface area contributed by atoms with E-state index >= 15 is 0 Å². The van der Waals surface area contributed by atoms with Gasteiger partial charge in [0.05, 0.1) is 10.8 Å². The van der Waals surface area contributed by atoms with Crippen LogP contribution >= 0.6 is 11.8 Å². The lowest BCUT2D eigenvalue weighted by atomic mass is 9.66. The molecule has 3 heterocycles. The molecule has 1 saturated carbocycles. The number of rotatable bonds is 2. The number of carbonyl (C=O) groups excluding carboxylic acids is 1. The SMILES string of the molecule is O=C1C[C@H]2CCCC[C@@]23c2cc4c(cc2[C@@H](Sc2ccccc2)CN13)OCO4. The average Bonchev–Trinajstić information content (AvgIpc) is 3.29. The number of hydrogen-bond acceptors (Lipinski definition) is 4. The molecule has 0 radical (unpaired) electrons. The molecule has 2 fully saturated rings. The van der Waals surface area contributed by atoms with Gasteiger partial charge in [0.2, 0.25) is 12.7 Å². The number of amides is 1. The Bertz CT molecular complexity index is 946. The van der Waals surface area contributed by atoms with Crippen molar-refractivity contribution in [2.75, 3.05) is 13.3 Å². The Kier molecular flexibility index (Phi) is 3.70. The van der Waals surface area contributed by atoms with Gasteiger partial charge >= 0.3 is 0 Å². The number of hydrogen-bond donors (Lipinski definition) is 0. The minimum absolute atomic E-state index is 0.139. The molecule has 0 unspecified atom stereocenters. The molecular weight excluding hydrogens is 370 g/mol. The van der Waals surface area contributed by atoms with E-state index in [1.165, 1.54) is 28.9 Å². The van der Waals surface area contributed by atoms with Gasteiger partial charge in [-0.15, -0.1) is 11.8 Å². The van der Waals surface area contributed by atoms with Crippen molar-refractivity contribution in [3.63, 3.8) is 0 Å². The predicted octanol–water partition coefficient (Wildman–Crippen LogP) is 4.88. The maximum Gasteiger partial charge on any atom is 0.231 e. The first-order valence-electron chi connectivity index (χ1n) is 10.2. The van der Waals surface area contributed by atoms with E-state index in [1.54, 1.807) is 0 Å². The fraction of sp³-hybridized carbons (Fsp3) is 0.435. The Balaban J connectivity index is 1.52. The second-order valence-electron chi connectivity index (χ2n) is 8.29. The van der Waals surface area contributed by atoms with Gasteiger partial charge in [0.25, 0.3) is 0 Å². The Morgan fingerprint density at radius 1 is 1.07 bits per heavy atom. The molecule has 6 rings (SSSR count). The third kappa shape index (κ3) is 2.29. The largest absolute Gasteiger partial charge is 0.454 e. The lowest BCUT2D eigenvalue weighted by Crippen LogP contribution is -2.52. The van der Waals surface area contributed by atoms with Crippen molar-refractivity contribution >= 4 is 17.7 Å². The molecule has 2 aromatic carbocycles. The highest BCUT2D eigenvalue weighted by Crippen LogP contribution is 2.60. The Hall–Kier alpha value is -2.14. The van der Waals surface area contributed by atoms with Gasteiger partial charge < -0.3 is 14.4 Å². The normalized spacial score (nSPS) is 30.0. The number of ether oxygens (including phenoxy) is 2. The maximum atomic E-state index is 13.1. The van der Waals surface area contributed by atoms with Crippen molar-refractivity contribution in [2.24, 2.45) is 5.92 Å². The molecule has 4 nitrogen and oxygen atoms in total. The predicted molar refractivity (Wildman–Crippen MR) is 108 cm³/mol. The highest BCUT2D eigenvalue weighted by Gasteiger charge is 2.58.